The molecule has 4 amide bonds. The van der Waals surface area contributed by atoms with Crippen LogP contribution in [-0.4, -0.2) is 37.0 Å². The Hall–Kier alpha value is -2.90. The molecule has 0 spiro atoms. The molecule has 1 fully saturated rings. The molecule has 1 aliphatic rings. The zero-order valence-electron chi connectivity index (χ0n) is 14.9. The number of amides is 4. The smallest absolute Gasteiger partial charge is 0.318 e. The minimum atomic E-state index is -1.02. The minimum Gasteiger partial charge on any atom is -0.455 e. The first-order valence-electron chi connectivity index (χ1n) is 8.48. The first-order valence-corrected chi connectivity index (χ1v) is 8.48. The minimum absolute atomic E-state index is 0.0190. The van der Waals surface area contributed by atoms with E-state index in [2.05, 4.69) is 13.8 Å². The number of nitrogens with one attached hydrogen (secondary N) is 1. The number of anilines is 1. The molecule has 3 N–H and O–H groups in total. The highest BCUT2D eigenvalue weighted by atomic mass is 16.5. The maximum Gasteiger partial charge on any atom is 0.318 e. The number of carbonyl (C=O) groups is 4. The van der Waals surface area contributed by atoms with Crippen molar-refractivity contribution in [2.24, 2.45) is 11.7 Å². The van der Waals surface area contributed by atoms with Gasteiger partial charge < -0.3 is 15.4 Å². The molecule has 8 nitrogen and oxygen atoms in total. The average molecular weight is 361 g/mol. The number of primary amides is 1. The lowest BCUT2D eigenvalue weighted by Gasteiger charge is -2.23. The Morgan fingerprint density at radius 2 is 2.04 bits per heavy atom. The molecule has 8 heteroatoms. The summed E-state index contributed by atoms with van der Waals surface area (Å²) >= 11 is 0. The zero-order valence-corrected chi connectivity index (χ0v) is 14.9. The standard InChI is InChI=1S/C18H23N3O5/c1-3-11(2)13-6-4-5-7-14(13)21-9-12(8-16(21)23)17(24)26-10-15(22)20-18(19)25/h4-7,11-12H,3,8-10H2,1-2H3,(H3,19,20,22,25)/t11-,12+/m1/s1. The van der Waals surface area contributed by atoms with Gasteiger partial charge in [0, 0.05) is 18.7 Å². The monoisotopic (exact) mass is 361 g/mol. The molecule has 0 unspecified atom stereocenters. The fourth-order valence-corrected chi connectivity index (χ4v) is 2.90. The number of carbonyl (C=O) groups excluding carboxylic acids is 4. The molecule has 0 bridgehead atoms. The highest BCUT2D eigenvalue weighted by molar-refractivity contribution is 6.00. The third kappa shape index (κ3) is 4.59. The Bertz CT molecular complexity index is 719. The molecule has 0 saturated carbocycles. The van der Waals surface area contributed by atoms with E-state index in [1.54, 1.807) is 10.2 Å². The second-order valence-corrected chi connectivity index (χ2v) is 6.29. The topological polar surface area (TPSA) is 119 Å². The van der Waals surface area contributed by atoms with Crippen molar-refractivity contribution in [2.45, 2.75) is 32.6 Å². The summed E-state index contributed by atoms with van der Waals surface area (Å²) in [5.41, 5.74) is 6.66. The van der Waals surface area contributed by atoms with Crippen LogP contribution in [0.4, 0.5) is 10.5 Å². The summed E-state index contributed by atoms with van der Waals surface area (Å²) in [5.74, 6) is -2.00. The van der Waals surface area contributed by atoms with E-state index in [1.807, 2.05) is 24.3 Å². The lowest BCUT2D eigenvalue weighted by atomic mass is 9.96. The number of nitrogens with zero attached hydrogens (tertiary/aromatic N) is 1. The van der Waals surface area contributed by atoms with Crippen molar-refractivity contribution in [2.75, 3.05) is 18.1 Å². The van der Waals surface area contributed by atoms with Gasteiger partial charge in [0.15, 0.2) is 6.61 Å². The van der Waals surface area contributed by atoms with Gasteiger partial charge in [-0.25, -0.2) is 4.79 Å². The predicted octanol–water partition coefficient (Wildman–Crippen LogP) is 1.29. The molecule has 0 aromatic heterocycles. The first-order chi connectivity index (χ1) is 12.3. The Labute approximate surface area is 151 Å². The van der Waals surface area contributed by atoms with Gasteiger partial charge in [0.05, 0.1) is 5.92 Å². The molecular weight excluding hydrogens is 338 g/mol. The summed E-state index contributed by atoms with van der Waals surface area (Å²) in [6, 6.07) is 6.61. The fourth-order valence-electron chi connectivity index (χ4n) is 2.90. The second-order valence-electron chi connectivity index (χ2n) is 6.29. The quantitative estimate of drug-likeness (QED) is 0.740. The van der Waals surface area contributed by atoms with E-state index in [9.17, 15) is 19.2 Å². The summed E-state index contributed by atoms with van der Waals surface area (Å²) in [6.45, 7) is 3.74. The summed E-state index contributed by atoms with van der Waals surface area (Å²) in [6.07, 6.45) is 0.949. The predicted molar refractivity (Wildman–Crippen MR) is 94.3 cm³/mol. The van der Waals surface area contributed by atoms with Crippen LogP contribution < -0.4 is 16.0 Å². The number of urea groups is 1. The highest BCUT2D eigenvalue weighted by Gasteiger charge is 2.37. The van der Waals surface area contributed by atoms with Crippen LogP contribution in [0.2, 0.25) is 0 Å². The molecule has 1 saturated heterocycles. The molecule has 0 aliphatic carbocycles. The molecular formula is C18H23N3O5. The van der Waals surface area contributed by atoms with E-state index in [4.69, 9.17) is 10.5 Å². The van der Waals surface area contributed by atoms with Gasteiger partial charge in [0.1, 0.15) is 0 Å². The van der Waals surface area contributed by atoms with Crippen LogP contribution in [0.3, 0.4) is 0 Å². The number of benzene rings is 1. The summed E-state index contributed by atoms with van der Waals surface area (Å²) in [4.78, 5) is 48.0. The Morgan fingerprint density at radius 1 is 1.35 bits per heavy atom. The van der Waals surface area contributed by atoms with Crippen LogP contribution in [0, 0.1) is 5.92 Å². The molecule has 2 atom stereocenters. The van der Waals surface area contributed by atoms with E-state index in [-0.39, 0.29) is 24.8 Å². The van der Waals surface area contributed by atoms with Crippen LogP contribution in [0.5, 0.6) is 0 Å². The largest absolute Gasteiger partial charge is 0.455 e. The third-order valence-electron chi connectivity index (χ3n) is 4.44. The van der Waals surface area contributed by atoms with Crippen molar-refractivity contribution in [3.8, 4) is 0 Å². The van der Waals surface area contributed by atoms with E-state index >= 15 is 0 Å². The molecule has 2 rings (SSSR count). The molecule has 1 aromatic carbocycles. The van der Waals surface area contributed by atoms with Crippen molar-refractivity contribution < 1.29 is 23.9 Å². The Balaban J connectivity index is 2.04. The second kappa shape index (κ2) is 8.46. The number of esters is 1. The SMILES string of the molecule is CC[C@@H](C)c1ccccc1N1C[C@@H](C(=O)OCC(=O)NC(N)=O)CC1=O. The van der Waals surface area contributed by atoms with Gasteiger partial charge in [-0.15, -0.1) is 0 Å². The summed E-state index contributed by atoms with van der Waals surface area (Å²) in [5, 5.41) is 1.80. The molecule has 140 valence electrons. The summed E-state index contributed by atoms with van der Waals surface area (Å²) in [7, 11) is 0. The molecule has 1 aromatic rings. The van der Waals surface area contributed by atoms with Crippen molar-refractivity contribution in [3.63, 3.8) is 0 Å². The first kappa shape index (κ1) is 19.4. The zero-order chi connectivity index (χ0) is 19.3. The Morgan fingerprint density at radius 3 is 2.69 bits per heavy atom. The van der Waals surface area contributed by atoms with Gasteiger partial charge >= 0.3 is 12.0 Å². The van der Waals surface area contributed by atoms with Crippen molar-refractivity contribution in [3.05, 3.63) is 29.8 Å². The average Bonchev–Trinajstić information content (AvgIpc) is 3.00. The van der Waals surface area contributed by atoms with E-state index < -0.39 is 30.4 Å². The van der Waals surface area contributed by atoms with Crippen molar-refractivity contribution in [1.29, 1.82) is 0 Å². The van der Waals surface area contributed by atoms with Crippen molar-refractivity contribution in [1.82, 2.24) is 5.32 Å². The van der Waals surface area contributed by atoms with E-state index in [0.717, 1.165) is 17.7 Å². The number of rotatable bonds is 6. The molecule has 1 aliphatic heterocycles. The van der Waals surface area contributed by atoms with Gasteiger partial charge in [-0.05, 0) is 24.0 Å². The third-order valence-corrected chi connectivity index (χ3v) is 4.44. The Kier molecular flexibility index (Phi) is 6.32. The normalized spacial score (nSPS) is 17.7. The maximum atomic E-state index is 12.4. The van der Waals surface area contributed by atoms with Crippen LogP contribution >= 0.6 is 0 Å². The number of hydrogen-bond acceptors (Lipinski definition) is 5. The summed E-state index contributed by atoms with van der Waals surface area (Å²) < 4.78 is 4.88. The maximum absolute atomic E-state index is 12.4. The van der Waals surface area contributed by atoms with E-state index in [1.165, 1.54) is 0 Å². The number of imide groups is 1. The number of nitrogens with two attached hydrogens (primary N) is 1. The van der Waals surface area contributed by atoms with Gasteiger partial charge in [-0.2, -0.15) is 0 Å². The number of hydrogen-bond donors (Lipinski definition) is 2. The highest BCUT2D eigenvalue weighted by Crippen LogP contribution is 2.33. The van der Waals surface area contributed by atoms with E-state index in [0.29, 0.717) is 0 Å². The van der Waals surface area contributed by atoms with Gasteiger partial charge in [-0.3, -0.25) is 19.7 Å². The number of para-hydroxylation sites is 1. The van der Waals surface area contributed by atoms with Crippen LogP contribution in [0.1, 0.15) is 38.2 Å². The molecule has 0 radical (unpaired) electrons. The van der Waals surface area contributed by atoms with Gasteiger partial charge in [0.2, 0.25) is 5.91 Å². The lowest BCUT2D eigenvalue weighted by molar-refractivity contribution is -0.152. The molecule has 26 heavy (non-hydrogen) atoms. The van der Waals surface area contributed by atoms with Gasteiger partial charge in [-0.1, -0.05) is 32.0 Å². The van der Waals surface area contributed by atoms with Crippen LogP contribution in [0.25, 0.3) is 0 Å². The van der Waals surface area contributed by atoms with Crippen LogP contribution in [0.15, 0.2) is 24.3 Å². The van der Waals surface area contributed by atoms with Crippen molar-refractivity contribution >= 4 is 29.5 Å². The molecule has 1 heterocycles. The van der Waals surface area contributed by atoms with Gasteiger partial charge in [0.25, 0.3) is 5.91 Å². The fraction of sp³-hybridized carbons (Fsp3) is 0.444. The number of ether oxygens (including phenoxy) is 1. The lowest BCUT2D eigenvalue weighted by Crippen LogP contribution is -2.38. The van der Waals surface area contributed by atoms with Crippen LogP contribution in [-0.2, 0) is 19.1 Å².